The van der Waals surface area contributed by atoms with E-state index in [1.165, 1.54) is 11.8 Å². The summed E-state index contributed by atoms with van der Waals surface area (Å²) in [4.78, 5) is 0. The lowest BCUT2D eigenvalue weighted by Crippen LogP contribution is -2.10. The molecule has 0 amide bonds. The van der Waals surface area contributed by atoms with Gasteiger partial charge in [-0.05, 0) is 12.0 Å². The van der Waals surface area contributed by atoms with Crippen molar-refractivity contribution in [3.05, 3.63) is 41.7 Å². The SMILES string of the molecule is NCc1nnc(SCC[C@@H]2CC2(F)F)n1Cc1ccccc1. The average Bonchev–Trinajstić information content (AvgIpc) is 2.94. The highest BCUT2D eigenvalue weighted by Crippen LogP contribution is 2.51. The molecule has 1 aliphatic carbocycles. The van der Waals surface area contributed by atoms with Crippen LogP contribution in [-0.2, 0) is 13.1 Å². The van der Waals surface area contributed by atoms with Crippen LogP contribution in [0.5, 0.6) is 0 Å². The van der Waals surface area contributed by atoms with Crippen molar-refractivity contribution >= 4 is 11.8 Å². The third-order valence-electron chi connectivity index (χ3n) is 3.81. The summed E-state index contributed by atoms with van der Waals surface area (Å²) in [7, 11) is 0. The van der Waals surface area contributed by atoms with Crippen LogP contribution in [0.3, 0.4) is 0 Å². The topological polar surface area (TPSA) is 56.7 Å². The van der Waals surface area contributed by atoms with Crippen LogP contribution in [-0.4, -0.2) is 26.4 Å². The molecule has 7 heteroatoms. The number of halogens is 2. The Morgan fingerprint density at radius 3 is 2.64 bits per heavy atom. The molecule has 0 aliphatic heterocycles. The van der Waals surface area contributed by atoms with Gasteiger partial charge in [-0.25, -0.2) is 8.78 Å². The van der Waals surface area contributed by atoms with Gasteiger partial charge in [-0.3, -0.25) is 0 Å². The molecular formula is C15H18F2N4S. The van der Waals surface area contributed by atoms with Crippen molar-refractivity contribution in [2.75, 3.05) is 5.75 Å². The average molecular weight is 324 g/mol. The molecule has 2 N–H and O–H groups in total. The Labute approximate surface area is 132 Å². The molecule has 0 spiro atoms. The lowest BCUT2D eigenvalue weighted by atomic mass is 10.2. The Balaban J connectivity index is 1.65. The Morgan fingerprint density at radius 1 is 1.27 bits per heavy atom. The molecule has 0 radical (unpaired) electrons. The van der Waals surface area contributed by atoms with Gasteiger partial charge in [-0.1, -0.05) is 42.1 Å². The Kier molecular flexibility index (Phi) is 4.44. The third-order valence-corrected chi connectivity index (χ3v) is 4.81. The van der Waals surface area contributed by atoms with Crippen molar-refractivity contribution in [1.29, 1.82) is 0 Å². The smallest absolute Gasteiger partial charge is 0.251 e. The fourth-order valence-corrected chi connectivity index (χ4v) is 3.39. The van der Waals surface area contributed by atoms with Crippen LogP contribution in [0.15, 0.2) is 35.5 Å². The van der Waals surface area contributed by atoms with Crippen molar-refractivity contribution in [1.82, 2.24) is 14.8 Å². The summed E-state index contributed by atoms with van der Waals surface area (Å²) in [5.74, 6) is -1.57. The maximum atomic E-state index is 12.9. The molecule has 1 heterocycles. The van der Waals surface area contributed by atoms with Gasteiger partial charge in [0.05, 0.1) is 13.1 Å². The molecule has 0 bridgehead atoms. The number of nitrogens with two attached hydrogens (primary N) is 1. The minimum Gasteiger partial charge on any atom is -0.324 e. The van der Waals surface area contributed by atoms with E-state index in [-0.39, 0.29) is 6.42 Å². The van der Waals surface area contributed by atoms with E-state index in [4.69, 9.17) is 5.73 Å². The zero-order valence-electron chi connectivity index (χ0n) is 12.1. The summed E-state index contributed by atoms with van der Waals surface area (Å²) in [6.45, 7) is 0.948. The lowest BCUT2D eigenvalue weighted by molar-refractivity contribution is 0.0983. The number of hydrogen-bond acceptors (Lipinski definition) is 4. The molecule has 4 nitrogen and oxygen atoms in total. The minimum absolute atomic E-state index is 0.0261. The number of aromatic nitrogens is 3. The summed E-state index contributed by atoms with van der Waals surface area (Å²) in [6.07, 6.45) is 0.534. The second-order valence-corrected chi connectivity index (χ2v) is 6.54. The molecule has 1 aromatic heterocycles. The fraction of sp³-hybridized carbons (Fsp3) is 0.467. The molecule has 1 fully saturated rings. The second-order valence-electron chi connectivity index (χ2n) is 5.47. The second kappa shape index (κ2) is 6.34. The van der Waals surface area contributed by atoms with Crippen molar-refractivity contribution in [2.24, 2.45) is 11.7 Å². The maximum absolute atomic E-state index is 12.9. The van der Waals surface area contributed by atoms with E-state index in [2.05, 4.69) is 10.2 Å². The molecule has 1 aromatic carbocycles. The Hall–Kier alpha value is -1.47. The van der Waals surface area contributed by atoms with E-state index in [0.717, 1.165) is 10.7 Å². The zero-order valence-corrected chi connectivity index (χ0v) is 12.9. The van der Waals surface area contributed by atoms with Crippen LogP contribution in [0, 0.1) is 5.92 Å². The van der Waals surface area contributed by atoms with E-state index >= 15 is 0 Å². The van der Waals surface area contributed by atoms with Crippen molar-refractivity contribution in [2.45, 2.75) is 37.0 Å². The third kappa shape index (κ3) is 3.47. The molecule has 1 atom stereocenters. The van der Waals surface area contributed by atoms with Crippen molar-refractivity contribution in [3.63, 3.8) is 0 Å². The van der Waals surface area contributed by atoms with E-state index in [1.54, 1.807) is 0 Å². The molecule has 0 saturated heterocycles. The molecule has 3 rings (SSSR count). The molecule has 0 unspecified atom stereocenters. The minimum atomic E-state index is -2.44. The molecule has 1 saturated carbocycles. The van der Waals surface area contributed by atoms with Gasteiger partial charge in [0.25, 0.3) is 5.92 Å². The van der Waals surface area contributed by atoms with E-state index < -0.39 is 11.8 Å². The summed E-state index contributed by atoms with van der Waals surface area (Å²) < 4.78 is 27.7. The summed E-state index contributed by atoms with van der Waals surface area (Å²) in [5.41, 5.74) is 6.84. The number of rotatable bonds is 7. The quantitative estimate of drug-likeness (QED) is 0.796. The van der Waals surface area contributed by atoms with E-state index in [9.17, 15) is 8.78 Å². The Bertz CT molecular complexity index is 630. The van der Waals surface area contributed by atoms with Crippen LogP contribution in [0.2, 0.25) is 0 Å². The lowest BCUT2D eigenvalue weighted by Gasteiger charge is -2.09. The predicted molar refractivity (Wildman–Crippen MR) is 81.9 cm³/mol. The fourth-order valence-electron chi connectivity index (χ4n) is 2.38. The molecular weight excluding hydrogens is 306 g/mol. The van der Waals surface area contributed by atoms with Crippen LogP contribution in [0.4, 0.5) is 8.78 Å². The van der Waals surface area contributed by atoms with Gasteiger partial charge in [0.15, 0.2) is 5.16 Å². The van der Waals surface area contributed by atoms with Crippen LogP contribution in [0.25, 0.3) is 0 Å². The van der Waals surface area contributed by atoms with Gasteiger partial charge in [-0.2, -0.15) is 0 Å². The Morgan fingerprint density at radius 2 is 2.00 bits per heavy atom. The first-order valence-corrected chi connectivity index (χ1v) is 8.25. The first-order chi connectivity index (χ1) is 10.6. The van der Waals surface area contributed by atoms with Crippen molar-refractivity contribution in [3.8, 4) is 0 Å². The van der Waals surface area contributed by atoms with Crippen molar-refractivity contribution < 1.29 is 8.78 Å². The van der Waals surface area contributed by atoms with Gasteiger partial charge in [-0.15, -0.1) is 10.2 Å². The maximum Gasteiger partial charge on any atom is 0.251 e. The summed E-state index contributed by atoms with van der Waals surface area (Å²) in [5, 5.41) is 8.98. The highest BCUT2D eigenvalue weighted by Gasteiger charge is 2.55. The normalized spacial score (nSPS) is 19.3. The monoisotopic (exact) mass is 324 g/mol. The molecule has 2 aromatic rings. The predicted octanol–water partition coefficient (Wildman–Crippen LogP) is 2.92. The van der Waals surface area contributed by atoms with Gasteiger partial charge in [0.2, 0.25) is 0 Å². The number of alkyl halides is 2. The molecule has 22 heavy (non-hydrogen) atoms. The zero-order chi connectivity index (χ0) is 15.6. The van der Waals surface area contributed by atoms with E-state index in [0.29, 0.717) is 31.1 Å². The highest BCUT2D eigenvalue weighted by atomic mass is 32.2. The van der Waals surface area contributed by atoms with E-state index in [1.807, 2.05) is 34.9 Å². The van der Waals surface area contributed by atoms with Gasteiger partial charge in [0, 0.05) is 18.1 Å². The summed E-state index contributed by atoms with van der Waals surface area (Å²) in [6, 6.07) is 9.97. The molecule has 118 valence electrons. The first kappa shape index (κ1) is 15.4. The summed E-state index contributed by atoms with van der Waals surface area (Å²) >= 11 is 1.47. The van der Waals surface area contributed by atoms with Gasteiger partial charge < -0.3 is 10.3 Å². The van der Waals surface area contributed by atoms with Crippen LogP contribution < -0.4 is 5.73 Å². The number of nitrogens with zero attached hydrogens (tertiary/aromatic N) is 3. The van der Waals surface area contributed by atoms with Gasteiger partial charge in [0.1, 0.15) is 5.82 Å². The number of thioether (sulfide) groups is 1. The van der Waals surface area contributed by atoms with Crippen LogP contribution in [0.1, 0.15) is 24.2 Å². The van der Waals surface area contributed by atoms with Gasteiger partial charge >= 0.3 is 0 Å². The first-order valence-electron chi connectivity index (χ1n) is 7.27. The number of benzene rings is 1. The number of hydrogen-bond donors (Lipinski definition) is 1. The van der Waals surface area contributed by atoms with Crippen LogP contribution >= 0.6 is 11.8 Å². The standard InChI is InChI=1S/C15H18F2N4S/c16-15(17)8-12(15)6-7-22-14-20-19-13(9-18)21(14)10-11-4-2-1-3-5-11/h1-5,12H,6-10,18H2/t12-/m1/s1. The largest absolute Gasteiger partial charge is 0.324 e. The highest BCUT2D eigenvalue weighted by molar-refractivity contribution is 7.99. The molecule has 1 aliphatic rings.